The maximum absolute atomic E-state index is 5.69. The van der Waals surface area contributed by atoms with Crippen molar-refractivity contribution in [1.82, 2.24) is 4.98 Å². The van der Waals surface area contributed by atoms with Crippen LogP contribution in [0.5, 0.6) is 0 Å². The van der Waals surface area contributed by atoms with Crippen LogP contribution in [0.1, 0.15) is 24.1 Å². The molecule has 1 aromatic rings. The van der Waals surface area contributed by atoms with Crippen molar-refractivity contribution in [2.24, 2.45) is 5.73 Å². The van der Waals surface area contributed by atoms with Gasteiger partial charge in [-0.2, -0.15) is 0 Å². The van der Waals surface area contributed by atoms with Crippen molar-refractivity contribution < 1.29 is 0 Å². The topological polar surface area (TPSA) is 42.1 Å². The molecule has 3 heteroatoms. The van der Waals surface area contributed by atoms with Gasteiger partial charge >= 0.3 is 0 Å². The SMILES string of the molecule is Cc1ccc(CN)c(N(C)C2CC2)n1. The first-order chi connectivity index (χ1) is 6.72. The van der Waals surface area contributed by atoms with Crippen LogP contribution in [0, 0.1) is 6.92 Å². The fraction of sp³-hybridized carbons (Fsp3) is 0.545. The first-order valence-corrected chi connectivity index (χ1v) is 5.12. The number of aryl methyl sites for hydroxylation is 1. The summed E-state index contributed by atoms with van der Waals surface area (Å²) in [5.41, 5.74) is 7.90. The van der Waals surface area contributed by atoms with Gasteiger partial charge in [0.25, 0.3) is 0 Å². The van der Waals surface area contributed by atoms with Gasteiger partial charge in [0.15, 0.2) is 0 Å². The molecule has 3 nitrogen and oxygen atoms in total. The van der Waals surface area contributed by atoms with Crippen molar-refractivity contribution in [3.63, 3.8) is 0 Å². The number of aromatic nitrogens is 1. The maximum atomic E-state index is 5.69. The van der Waals surface area contributed by atoms with Crippen LogP contribution in [0.3, 0.4) is 0 Å². The Kier molecular flexibility index (Phi) is 2.42. The van der Waals surface area contributed by atoms with Crippen molar-refractivity contribution >= 4 is 5.82 Å². The number of anilines is 1. The van der Waals surface area contributed by atoms with E-state index in [1.54, 1.807) is 0 Å². The molecule has 0 aliphatic heterocycles. The van der Waals surface area contributed by atoms with E-state index in [4.69, 9.17) is 5.73 Å². The van der Waals surface area contributed by atoms with E-state index in [2.05, 4.69) is 23.0 Å². The molecule has 0 saturated heterocycles. The van der Waals surface area contributed by atoms with Crippen LogP contribution in [0.4, 0.5) is 5.82 Å². The molecule has 1 aliphatic carbocycles. The quantitative estimate of drug-likeness (QED) is 0.786. The number of pyridine rings is 1. The van der Waals surface area contributed by atoms with Gasteiger partial charge in [-0.15, -0.1) is 0 Å². The van der Waals surface area contributed by atoms with Crippen LogP contribution in [-0.4, -0.2) is 18.1 Å². The summed E-state index contributed by atoms with van der Waals surface area (Å²) in [5.74, 6) is 1.06. The molecule has 0 unspecified atom stereocenters. The van der Waals surface area contributed by atoms with Gasteiger partial charge in [0.05, 0.1) is 0 Å². The van der Waals surface area contributed by atoms with Crippen LogP contribution in [-0.2, 0) is 6.54 Å². The van der Waals surface area contributed by atoms with Crippen LogP contribution < -0.4 is 10.6 Å². The largest absolute Gasteiger partial charge is 0.356 e. The number of nitrogens with two attached hydrogens (primary N) is 1. The zero-order chi connectivity index (χ0) is 10.1. The summed E-state index contributed by atoms with van der Waals surface area (Å²) in [6.45, 7) is 2.59. The molecule has 14 heavy (non-hydrogen) atoms. The normalized spacial score (nSPS) is 15.6. The van der Waals surface area contributed by atoms with Crippen LogP contribution in [0.25, 0.3) is 0 Å². The minimum Gasteiger partial charge on any atom is -0.356 e. The molecule has 1 saturated carbocycles. The fourth-order valence-corrected chi connectivity index (χ4v) is 1.67. The standard InChI is InChI=1S/C11H17N3/c1-8-3-4-9(7-12)11(13-8)14(2)10-5-6-10/h3-4,10H,5-7,12H2,1-2H3. The lowest BCUT2D eigenvalue weighted by atomic mass is 10.2. The Bertz CT molecular complexity index is 331. The minimum atomic E-state index is 0.569. The molecule has 76 valence electrons. The third-order valence-electron chi connectivity index (χ3n) is 2.74. The van der Waals surface area contributed by atoms with Gasteiger partial charge in [0.2, 0.25) is 0 Å². The summed E-state index contributed by atoms with van der Waals surface area (Å²) < 4.78 is 0. The van der Waals surface area contributed by atoms with E-state index >= 15 is 0 Å². The third kappa shape index (κ3) is 1.73. The van der Waals surface area contributed by atoms with Gasteiger partial charge in [-0.05, 0) is 25.8 Å². The van der Waals surface area contributed by atoms with E-state index in [0.29, 0.717) is 12.6 Å². The number of rotatable bonds is 3. The maximum Gasteiger partial charge on any atom is 0.133 e. The van der Waals surface area contributed by atoms with Crippen LogP contribution >= 0.6 is 0 Å². The molecule has 0 bridgehead atoms. The van der Waals surface area contributed by atoms with Crippen molar-refractivity contribution in [1.29, 1.82) is 0 Å². The monoisotopic (exact) mass is 191 g/mol. The smallest absolute Gasteiger partial charge is 0.133 e. The van der Waals surface area contributed by atoms with E-state index in [0.717, 1.165) is 17.1 Å². The van der Waals surface area contributed by atoms with Gasteiger partial charge in [0, 0.05) is 30.9 Å². The summed E-state index contributed by atoms with van der Waals surface area (Å²) in [5, 5.41) is 0. The molecule has 0 aromatic carbocycles. The second kappa shape index (κ2) is 3.58. The van der Waals surface area contributed by atoms with Gasteiger partial charge < -0.3 is 10.6 Å². The number of hydrogen-bond donors (Lipinski definition) is 1. The van der Waals surface area contributed by atoms with E-state index < -0.39 is 0 Å². The Morgan fingerprint density at radius 3 is 2.79 bits per heavy atom. The van der Waals surface area contributed by atoms with Crippen LogP contribution in [0.15, 0.2) is 12.1 Å². The lowest BCUT2D eigenvalue weighted by Gasteiger charge is -2.20. The minimum absolute atomic E-state index is 0.569. The highest BCUT2D eigenvalue weighted by atomic mass is 15.2. The zero-order valence-electron chi connectivity index (χ0n) is 8.83. The molecule has 1 aromatic heterocycles. The Hall–Kier alpha value is -1.09. The van der Waals surface area contributed by atoms with E-state index in [-0.39, 0.29) is 0 Å². The Morgan fingerprint density at radius 1 is 1.50 bits per heavy atom. The molecule has 2 rings (SSSR count). The molecule has 1 fully saturated rings. The highest BCUT2D eigenvalue weighted by molar-refractivity contribution is 5.48. The Morgan fingerprint density at radius 2 is 2.21 bits per heavy atom. The predicted octanol–water partition coefficient (Wildman–Crippen LogP) is 1.45. The van der Waals surface area contributed by atoms with Crippen LogP contribution in [0.2, 0.25) is 0 Å². The van der Waals surface area contributed by atoms with E-state index in [1.807, 2.05) is 13.0 Å². The number of nitrogens with zero attached hydrogens (tertiary/aromatic N) is 2. The summed E-state index contributed by atoms with van der Waals surface area (Å²) in [7, 11) is 2.11. The average molecular weight is 191 g/mol. The lowest BCUT2D eigenvalue weighted by molar-refractivity contribution is 0.865. The van der Waals surface area contributed by atoms with Crippen molar-refractivity contribution in [2.45, 2.75) is 32.4 Å². The summed E-state index contributed by atoms with van der Waals surface area (Å²) >= 11 is 0. The summed E-state index contributed by atoms with van der Waals surface area (Å²) in [6, 6.07) is 4.79. The highest BCUT2D eigenvalue weighted by Crippen LogP contribution is 2.30. The first kappa shape index (κ1) is 9.46. The van der Waals surface area contributed by atoms with Crippen molar-refractivity contribution in [3.05, 3.63) is 23.4 Å². The van der Waals surface area contributed by atoms with Gasteiger partial charge in [-0.1, -0.05) is 6.07 Å². The molecular formula is C11H17N3. The van der Waals surface area contributed by atoms with Gasteiger partial charge in [0.1, 0.15) is 5.82 Å². The third-order valence-corrected chi connectivity index (χ3v) is 2.74. The molecule has 2 N–H and O–H groups in total. The van der Waals surface area contributed by atoms with Crippen molar-refractivity contribution in [3.8, 4) is 0 Å². The first-order valence-electron chi connectivity index (χ1n) is 5.12. The Labute approximate surface area is 84.9 Å². The lowest BCUT2D eigenvalue weighted by Crippen LogP contribution is -2.23. The molecule has 1 aliphatic rings. The molecule has 0 amide bonds. The predicted molar refractivity (Wildman–Crippen MR) is 58.3 cm³/mol. The zero-order valence-corrected chi connectivity index (χ0v) is 8.83. The Balaban J connectivity index is 2.32. The molecular weight excluding hydrogens is 174 g/mol. The van der Waals surface area contributed by atoms with E-state index in [9.17, 15) is 0 Å². The highest BCUT2D eigenvalue weighted by Gasteiger charge is 2.28. The second-order valence-corrected chi connectivity index (χ2v) is 3.98. The second-order valence-electron chi connectivity index (χ2n) is 3.98. The van der Waals surface area contributed by atoms with Gasteiger partial charge in [-0.25, -0.2) is 4.98 Å². The van der Waals surface area contributed by atoms with E-state index in [1.165, 1.54) is 12.8 Å². The average Bonchev–Trinajstić information content (AvgIpc) is 3.00. The summed E-state index contributed by atoms with van der Waals surface area (Å²) in [4.78, 5) is 6.81. The molecule has 1 heterocycles. The number of hydrogen-bond acceptors (Lipinski definition) is 3. The molecule has 0 radical (unpaired) electrons. The van der Waals surface area contributed by atoms with Crippen molar-refractivity contribution in [2.75, 3.05) is 11.9 Å². The fourth-order valence-electron chi connectivity index (χ4n) is 1.67. The van der Waals surface area contributed by atoms with Gasteiger partial charge in [-0.3, -0.25) is 0 Å². The summed E-state index contributed by atoms with van der Waals surface area (Å²) in [6.07, 6.45) is 2.58. The molecule has 0 spiro atoms. The molecule has 0 atom stereocenters.